The molecule has 0 amide bonds. The fraction of sp³-hybridized carbons (Fsp3) is 0.0526. The van der Waals surface area contributed by atoms with Crippen LogP contribution in [0.3, 0.4) is 0 Å². The molecule has 0 heterocycles. The van der Waals surface area contributed by atoms with Crippen molar-refractivity contribution in [2.24, 2.45) is 0 Å². The maximum absolute atomic E-state index is 11.5. The lowest BCUT2D eigenvalue weighted by Crippen LogP contribution is -2.10. The monoisotopic (exact) mass is 565 g/mol. The van der Waals surface area contributed by atoms with Gasteiger partial charge < -0.3 is 14.4 Å². The molecule has 0 N–H and O–H groups in total. The number of aryl methyl sites for hydroxylation is 2. The molecule has 0 aliphatic carbocycles. The molecule has 0 bridgehead atoms. The van der Waals surface area contributed by atoms with Gasteiger partial charge in [-0.05, 0) is 108 Å². The Balaban J connectivity index is 1.43. The first-order valence-electron chi connectivity index (χ1n) is 13.8. The summed E-state index contributed by atoms with van der Waals surface area (Å²) in [5, 5.41) is 0. The Morgan fingerprint density at radius 1 is 0.512 bits per heavy atom. The summed E-state index contributed by atoms with van der Waals surface area (Å²) in [5.41, 5.74) is 9.66. The van der Waals surface area contributed by atoms with Crippen LogP contribution < -0.4 is 14.4 Å². The summed E-state index contributed by atoms with van der Waals surface area (Å²) >= 11 is 0. The van der Waals surface area contributed by atoms with Gasteiger partial charge in [-0.3, -0.25) is 0 Å². The van der Waals surface area contributed by atoms with E-state index in [4.69, 9.17) is 9.47 Å². The van der Waals surface area contributed by atoms with E-state index in [0.29, 0.717) is 11.5 Å². The molecule has 5 aromatic rings. The maximum Gasteiger partial charge on any atom is 0.335 e. The number of anilines is 3. The summed E-state index contributed by atoms with van der Waals surface area (Å²) in [7, 11) is 0. The largest absolute Gasteiger partial charge is 0.423 e. The van der Waals surface area contributed by atoms with Crippen LogP contribution in [0, 0.1) is 13.8 Å². The highest BCUT2D eigenvalue weighted by atomic mass is 16.5. The fourth-order valence-corrected chi connectivity index (χ4v) is 4.66. The average molecular weight is 566 g/mol. The van der Waals surface area contributed by atoms with Crippen LogP contribution in [0.1, 0.15) is 11.1 Å². The molecule has 212 valence electrons. The standard InChI is InChI=1S/C38H31NO4/c1-5-37(40)42-35-21-12-30(13-22-35)28-8-17-32(18-9-28)39(34-16-7-26(3)27(4)25-34)33-19-10-29(11-20-33)31-14-23-36(24-15-31)43-38(41)6-2/h5-25H,1-2H2,3-4H3. The zero-order chi connectivity index (χ0) is 30.3. The number of hydrogen-bond acceptors (Lipinski definition) is 5. The van der Waals surface area contributed by atoms with Gasteiger partial charge in [-0.25, -0.2) is 9.59 Å². The molecule has 0 unspecified atom stereocenters. The molecule has 5 nitrogen and oxygen atoms in total. The van der Waals surface area contributed by atoms with E-state index in [0.717, 1.165) is 51.5 Å². The van der Waals surface area contributed by atoms with E-state index in [1.165, 1.54) is 11.1 Å². The van der Waals surface area contributed by atoms with Gasteiger partial charge in [0.05, 0.1) is 0 Å². The average Bonchev–Trinajstić information content (AvgIpc) is 3.04. The van der Waals surface area contributed by atoms with Crippen molar-refractivity contribution >= 4 is 29.0 Å². The smallest absolute Gasteiger partial charge is 0.335 e. The lowest BCUT2D eigenvalue weighted by molar-refractivity contribution is -0.129. The van der Waals surface area contributed by atoms with E-state index < -0.39 is 11.9 Å². The van der Waals surface area contributed by atoms with E-state index in [9.17, 15) is 9.59 Å². The van der Waals surface area contributed by atoms with Crippen molar-refractivity contribution in [3.63, 3.8) is 0 Å². The first-order chi connectivity index (χ1) is 20.8. The van der Waals surface area contributed by atoms with Crippen molar-refractivity contribution in [3.05, 3.63) is 152 Å². The van der Waals surface area contributed by atoms with Crippen LogP contribution in [0.4, 0.5) is 17.1 Å². The van der Waals surface area contributed by atoms with Crippen LogP contribution in [0.25, 0.3) is 22.3 Å². The number of hydrogen-bond donors (Lipinski definition) is 0. The van der Waals surface area contributed by atoms with Crippen LogP contribution >= 0.6 is 0 Å². The molecule has 0 saturated carbocycles. The third kappa shape index (κ3) is 6.80. The molecule has 0 aliphatic rings. The molecule has 0 atom stereocenters. The first kappa shape index (κ1) is 28.8. The predicted molar refractivity (Wildman–Crippen MR) is 173 cm³/mol. The van der Waals surface area contributed by atoms with Crippen LogP contribution in [0.15, 0.2) is 141 Å². The quantitative estimate of drug-likeness (QED) is 0.101. The van der Waals surface area contributed by atoms with Gasteiger partial charge in [0.25, 0.3) is 0 Å². The second kappa shape index (κ2) is 12.9. The van der Waals surface area contributed by atoms with Gasteiger partial charge in [0.2, 0.25) is 0 Å². The van der Waals surface area contributed by atoms with Crippen molar-refractivity contribution in [2.45, 2.75) is 13.8 Å². The number of rotatable bonds is 9. The van der Waals surface area contributed by atoms with Crippen molar-refractivity contribution < 1.29 is 19.1 Å². The zero-order valence-corrected chi connectivity index (χ0v) is 24.1. The van der Waals surface area contributed by atoms with Crippen molar-refractivity contribution in [2.75, 3.05) is 4.90 Å². The Bertz CT molecular complexity index is 1660. The van der Waals surface area contributed by atoms with Crippen LogP contribution in [0.2, 0.25) is 0 Å². The minimum absolute atomic E-state index is 0.474. The second-order valence-electron chi connectivity index (χ2n) is 10.00. The van der Waals surface area contributed by atoms with Gasteiger partial charge in [-0.1, -0.05) is 67.8 Å². The number of benzene rings is 5. The Morgan fingerprint density at radius 2 is 0.860 bits per heavy atom. The lowest BCUT2D eigenvalue weighted by atomic mass is 10.0. The van der Waals surface area contributed by atoms with Crippen molar-refractivity contribution in [3.8, 4) is 33.8 Å². The van der Waals surface area contributed by atoms with E-state index in [1.54, 1.807) is 24.3 Å². The highest BCUT2D eigenvalue weighted by Crippen LogP contribution is 2.37. The van der Waals surface area contributed by atoms with Gasteiger partial charge in [-0.15, -0.1) is 0 Å². The van der Waals surface area contributed by atoms with Gasteiger partial charge in [0, 0.05) is 29.2 Å². The van der Waals surface area contributed by atoms with Crippen LogP contribution in [0.5, 0.6) is 11.5 Å². The highest BCUT2D eigenvalue weighted by molar-refractivity contribution is 5.84. The van der Waals surface area contributed by atoms with Gasteiger partial charge in [-0.2, -0.15) is 0 Å². The molecule has 0 radical (unpaired) electrons. The van der Waals surface area contributed by atoms with Crippen LogP contribution in [-0.4, -0.2) is 11.9 Å². The normalized spacial score (nSPS) is 10.5. The molecule has 43 heavy (non-hydrogen) atoms. The van der Waals surface area contributed by atoms with E-state index in [2.05, 4.69) is 98.6 Å². The Hall–Kier alpha value is -5.68. The number of ether oxygens (including phenoxy) is 2. The molecular weight excluding hydrogens is 534 g/mol. The van der Waals surface area contributed by atoms with Crippen molar-refractivity contribution in [1.29, 1.82) is 0 Å². The highest BCUT2D eigenvalue weighted by Gasteiger charge is 2.14. The molecule has 5 rings (SSSR count). The van der Waals surface area contributed by atoms with Gasteiger partial charge in [0.15, 0.2) is 0 Å². The fourth-order valence-electron chi connectivity index (χ4n) is 4.66. The third-order valence-electron chi connectivity index (χ3n) is 7.15. The molecule has 0 fully saturated rings. The van der Waals surface area contributed by atoms with E-state index in [-0.39, 0.29) is 0 Å². The number of carbonyl (C=O) groups excluding carboxylic acids is 2. The summed E-state index contributed by atoms with van der Waals surface area (Å²) in [5.74, 6) is -0.0227. The molecule has 5 aromatic carbocycles. The summed E-state index contributed by atoms with van der Waals surface area (Å²) in [4.78, 5) is 25.2. The number of carbonyl (C=O) groups is 2. The van der Waals surface area contributed by atoms with E-state index in [1.807, 2.05) is 24.3 Å². The second-order valence-corrected chi connectivity index (χ2v) is 10.00. The molecular formula is C38H31NO4. The van der Waals surface area contributed by atoms with Crippen LogP contribution in [-0.2, 0) is 9.59 Å². The zero-order valence-electron chi connectivity index (χ0n) is 24.1. The molecule has 0 saturated heterocycles. The molecule has 0 aromatic heterocycles. The van der Waals surface area contributed by atoms with Gasteiger partial charge in [0.1, 0.15) is 11.5 Å². The predicted octanol–water partition coefficient (Wildman–Crippen LogP) is 9.29. The van der Waals surface area contributed by atoms with Crippen molar-refractivity contribution in [1.82, 2.24) is 0 Å². The lowest BCUT2D eigenvalue weighted by Gasteiger charge is -2.26. The topological polar surface area (TPSA) is 55.8 Å². The first-order valence-corrected chi connectivity index (χ1v) is 13.8. The Morgan fingerprint density at radius 3 is 1.21 bits per heavy atom. The summed E-state index contributed by atoms with van der Waals surface area (Å²) in [6, 6.07) is 38.0. The molecule has 0 aliphatic heterocycles. The molecule has 0 spiro atoms. The summed E-state index contributed by atoms with van der Waals surface area (Å²) in [6.45, 7) is 11.1. The minimum atomic E-state index is -0.485. The SMILES string of the molecule is C=CC(=O)Oc1ccc(-c2ccc(N(c3ccc(-c4ccc(OC(=O)C=C)cc4)cc3)c3ccc(C)c(C)c3)cc2)cc1. The minimum Gasteiger partial charge on any atom is -0.423 e. The number of esters is 2. The van der Waals surface area contributed by atoms with Gasteiger partial charge >= 0.3 is 11.9 Å². The summed E-state index contributed by atoms with van der Waals surface area (Å²) < 4.78 is 10.4. The maximum atomic E-state index is 11.5. The third-order valence-corrected chi connectivity index (χ3v) is 7.15. The Labute approximate surface area is 252 Å². The number of nitrogens with zero attached hydrogens (tertiary/aromatic N) is 1. The molecule has 5 heteroatoms. The van der Waals surface area contributed by atoms with E-state index >= 15 is 0 Å². The summed E-state index contributed by atoms with van der Waals surface area (Å²) in [6.07, 6.45) is 2.29. The Kier molecular flexibility index (Phi) is 8.63.